The second-order valence-corrected chi connectivity index (χ2v) is 5.36. The first-order valence-electron chi connectivity index (χ1n) is 7.51. The molecule has 0 aliphatic heterocycles. The van der Waals surface area contributed by atoms with Crippen molar-refractivity contribution in [2.45, 2.75) is 6.42 Å². The Balaban J connectivity index is 1.71. The van der Waals surface area contributed by atoms with Gasteiger partial charge in [-0.1, -0.05) is 17.3 Å². The van der Waals surface area contributed by atoms with Crippen molar-refractivity contribution in [3.63, 3.8) is 0 Å². The first kappa shape index (κ1) is 17.5. The summed E-state index contributed by atoms with van der Waals surface area (Å²) < 4.78 is 50.0. The van der Waals surface area contributed by atoms with E-state index in [0.717, 1.165) is 12.1 Å². The summed E-state index contributed by atoms with van der Waals surface area (Å²) in [4.78, 5) is 12.0. The van der Waals surface area contributed by atoms with Crippen molar-refractivity contribution < 1.29 is 27.2 Å². The minimum atomic E-state index is -1.65. The van der Waals surface area contributed by atoms with Crippen LogP contribution in [0.1, 0.15) is 5.69 Å². The summed E-state index contributed by atoms with van der Waals surface area (Å²) in [6.45, 7) is 0. The van der Waals surface area contributed by atoms with Crippen molar-refractivity contribution in [2.24, 2.45) is 0 Å². The summed E-state index contributed by atoms with van der Waals surface area (Å²) in [5.41, 5.74) is 0.545. The Bertz CT molecular complexity index is 957. The minimum Gasteiger partial charge on any atom is -0.497 e. The fraction of sp³-hybridized carbons (Fsp3) is 0.111. The van der Waals surface area contributed by atoms with Gasteiger partial charge in [-0.2, -0.15) is 0 Å². The van der Waals surface area contributed by atoms with Crippen molar-refractivity contribution in [2.75, 3.05) is 12.4 Å². The van der Waals surface area contributed by atoms with Crippen LogP contribution in [0.2, 0.25) is 0 Å². The summed E-state index contributed by atoms with van der Waals surface area (Å²) in [6, 6.07) is 10.3. The zero-order valence-electron chi connectivity index (χ0n) is 13.6. The first-order valence-corrected chi connectivity index (χ1v) is 7.51. The third-order valence-electron chi connectivity index (χ3n) is 3.56. The van der Waals surface area contributed by atoms with E-state index in [1.54, 1.807) is 30.3 Å². The van der Waals surface area contributed by atoms with Gasteiger partial charge in [0.25, 0.3) is 0 Å². The van der Waals surface area contributed by atoms with E-state index in [9.17, 15) is 18.0 Å². The van der Waals surface area contributed by atoms with Gasteiger partial charge in [-0.05, 0) is 24.3 Å². The summed E-state index contributed by atoms with van der Waals surface area (Å²) in [5, 5.41) is 5.95. The molecule has 0 spiro atoms. The van der Waals surface area contributed by atoms with E-state index in [0.29, 0.717) is 22.8 Å². The number of hydrogen-bond acceptors (Lipinski definition) is 4. The molecule has 1 N–H and O–H groups in total. The fourth-order valence-electron chi connectivity index (χ4n) is 2.29. The topological polar surface area (TPSA) is 64.4 Å². The maximum Gasteiger partial charge on any atom is 0.230 e. The Labute approximate surface area is 146 Å². The van der Waals surface area contributed by atoms with E-state index in [-0.39, 0.29) is 6.42 Å². The molecule has 26 heavy (non-hydrogen) atoms. The van der Waals surface area contributed by atoms with Crippen molar-refractivity contribution >= 4 is 11.6 Å². The van der Waals surface area contributed by atoms with Gasteiger partial charge in [0.2, 0.25) is 5.91 Å². The van der Waals surface area contributed by atoms with Gasteiger partial charge in [0.1, 0.15) is 5.75 Å². The van der Waals surface area contributed by atoms with Crippen molar-refractivity contribution in [3.05, 3.63) is 65.6 Å². The molecule has 0 unspecified atom stereocenters. The number of benzene rings is 2. The molecule has 134 valence electrons. The number of rotatable bonds is 5. The maximum absolute atomic E-state index is 13.6. The van der Waals surface area contributed by atoms with Gasteiger partial charge in [0.05, 0.1) is 24.9 Å². The van der Waals surface area contributed by atoms with Crippen LogP contribution in [0.25, 0.3) is 11.3 Å². The number of carbonyl (C=O) groups is 1. The molecule has 0 saturated carbocycles. The molecule has 0 radical (unpaired) electrons. The zero-order valence-corrected chi connectivity index (χ0v) is 13.6. The number of carbonyl (C=O) groups excluding carboxylic acids is 1. The Morgan fingerprint density at radius 1 is 1.15 bits per heavy atom. The number of ether oxygens (including phenoxy) is 1. The largest absolute Gasteiger partial charge is 0.497 e. The molecule has 0 bridgehead atoms. The molecule has 0 fully saturated rings. The maximum atomic E-state index is 13.6. The summed E-state index contributed by atoms with van der Waals surface area (Å²) in [6.07, 6.45) is -0.230. The van der Waals surface area contributed by atoms with Crippen LogP contribution in [0.5, 0.6) is 5.75 Å². The molecule has 1 heterocycles. The number of amides is 1. The highest BCUT2D eigenvalue weighted by Crippen LogP contribution is 2.25. The molecule has 0 aliphatic rings. The summed E-state index contributed by atoms with van der Waals surface area (Å²) >= 11 is 0. The Morgan fingerprint density at radius 2 is 1.96 bits per heavy atom. The van der Waals surface area contributed by atoms with E-state index < -0.39 is 29.0 Å². The third-order valence-corrected chi connectivity index (χ3v) is 3.56. The van der Waals surface area contributed by atoms with Gasteiger partial charge in [0.15, 0.2) is 23.2 Å². The van der Waals surface area contributed by atoms with Crippen LogP contribution in [-0.4, -0.2) is 18.2 Å². The highest BCUT2D eigenvalue weighted by atomic mass is 19.2. The third kappa shape index (κ3) is 3.69. The van der Waals surface area contributed by atoms with E-state index >= 15 is 0 Å². The average molecular weight is 362 g/mol. The molecular formula is C18H13F3N2O3. The zero-order chi connectivity index (χ0) is 18.7. The number of hydrogen-bond donors (Lipinski definition) is 1. The molecule has 8 heteroatoms. The van der Waals surface area contributed by atoms with Crippen LogP contribution >= 0.6 is 0 Å². The van der Waals surface area contributed by atoms with Crippen LogP contribution in [0.15, 0.2) is 47.0 Å². The van der Waals surface area contributed by atoms with Crippen LogP contribution in [0, 0.1) is 17.5 Å². The van der Waals surface area contributed by atoms with Crippen LogP contribution in [0.4, 0.5) is 18.9 Å². The van der Waals surface area contributed by atoms with Crippen molar-refractivity contribution in [1.29, 1.82) is 0 Å². The van der Waals surface area contributed by atoms with E-state index in [1.807, 2.05) is 0 Å². The van der Waals surface area contributed by atoms with Gasteiger partial charge in [0, 0.05) is 11.6 Å². The van der Waals surface area contributed by atoms with Crippen molar-refractivity contribution in [1.82, 2.24) is 5.16 Å². The average Bonchev–Trinajstić information content (AvgIpc) is 3.10. The molecule has 3 aromatic rings. The number of halogens is 3. The fourth-order valence-corrected chi connectivity index (χ4v) is 2.29. The van der Waals surface area contributed by atoms with Crippen molar-refractivity contribution in [3.8, 4) is 17.1 Å². The van der Waals surface area contributed by atoms with Crippen LogP contribution in [0.3, 0.4) is 0 Å². The number of nitrogens with zero attached hydrogens (tertiary/aromatic N) is 1. The van der Waals surface area contributed by atoms with Gasteiger partial charge in [-0.25, -0.2) is 13.2 Å². The smallest absolute Gasteiger partial charge is 0.230 e. The lowest BCUT2D eigenvalue weighted by Crippen LogP contribution is -2.16. The Kier molecular flexibility index (Phi) is 4.92. The highest BCUT2D eigenvalue weighted by molar-refractivity contribution is 5.92. The Hall–Kier alpha value is -3.29. The van der Waals surface area contributed by atoms with E-state index in [4.69, 9.17) is 9.26 Å². The monoisotopic (exact) mass is 362 g/mol. The summed E-state index contributed by atoms with van der Waals surface area (Å²) in [5.74, 6) is -4.04. The number of nitrogens with one attached hydrogen (secondary N) is 1. The second kappa shape index (κ2) is 7.30. The van der Waals surface area contributed by atoms with E-state index in [1.165, 1.54) is 7.11 Å². The molecule has 1 aromatic heterocycles. The molecule has 1 amide bonds. The normalized spacial score (nSPS) is 10.6. The quantitative estimate of drug-likeness (QED) is 0.698. The SMILES string of the molecule is COc1cccc(-c2cc(CC(=O)Nc3ccc(F)c(F)c3F)no2)c1. The number of aromatic nitrogens is 1. The number of anilines is 1. The van der Waals surface area contributed by atoms with Gasteiger partial charge >= 0.3 is 0 Å². The van der Waals surface area contributed by atoms with E-state index in [2.05, 4.69) is 10.5 Å². The molecule has 2 aromatic carbocycles. The highest BCUT2D eigenvalue weighted by Gasteiger charge is 2.17. The molecular weight excluding hydrogens is 349 g/mol. The van der Waals surface area contributed by atoms with Gasteiger partial charge in [-0.3, -0.25) is 4.79 Å². The summed E-state index contributed by atoms with van der Waals surface area (Å²) in [7, 11) is 1.53. The molecule has 0 saturated heterocycles. The van der Waals surface area contributed by atoms with Crippen LogP contribution < -0.4 is 10.1 Å². The minimum absolute atomic E-state index is 0.230. The first-order chi connectivity index (χ1) is 12.5. The lowest BCUT2D eigenvalue weighted by atomic mass is 10.1. The Morgan fingerprint density at radius 3 is 2.73 bits per heavy atom. The lowest BCUT2D eigenvalue weighted by molar-refractivity contribution is -0.115. The standard InChI is InChI=1S/C18H13F3N2O3/c1-25-12-4-2-3-10(7-12)15-8-11(23-26-15)9-16(24)22-14-6-5-13(19)17(20)18(14)21/h2-8H,9H2,1H3,(H,22,24). The lowest BCUT2D eigenvalue weighted by Gasteiger charge is -2.06. The molecule has 3 rings (SSSR count). The van der Waals surface area contributed by atoms with Gasteiger partial charge in [-0.15, -0.1) is 0 Å². The second-order valence-electron chi connectivity index (χ2n) is 5.36. The van der Waals surface area contributed by atoms with Crippen LogP contribution in [-0.2, 0) is 11.2 Å². The van der Waals surface area contributed by atoms with Gasteiger partial charge < -0.3 is 14.6 Å². The predicted molar refractivity (Wildman–Crippen MR) is 87.1 cm³/mol. The molecule has 0 atom stereocenters. The molecule has 5 nitrogen and oxygen atoms in total. The molecule has 0 aliphatic carbocycles. The number of methoxy groups -OCH3 is 1. The predicted octanol–water partition coefficient (Wildman–Crippen LogP) is 3.95.